The maximum absolute atomic E-state index is 14.7. The van der Waals surface area contributed by atoms with E-state index in [-0.39, 0.29) is 34.2 Å². The van der Waals surface area contributed by atoms with Crippen molar-refractivity contribution in [2.45, 2.75) is 31.3 Å². The summed E-state index contributed by atoms with van der Waals surface area (Å²) >= 11 is 12.4. The lowest BCUT2D eigenvalue weighted by atomic mass is 9.98. The molecule has 2 fully saturated rings. The van der Waals surface area contributed by atoms with E-state index >= 15 is 0 Å². The SMILES string of the molecule is C=C(Cl)C(=O)N1CCN(c2nc(OC[C@@H]3CCCN3C)nc3cc(-c4cc(N)cc(F)c4Cl)c4ccoc4c23)C[C@@H]1CC#N. The topological polar surface area (TPSA) is 125 Å². The zero-order valence-corrected chi connectivity index (χ0v) is 25.5. The molecule has 2 aliphatic rings. The lowest BCUT2D eigenvalue weighted by Crippen LogP contribution is -2.55. The zero-order valence-electron chi connectivity index (χ0n) is 24.0. The van der Waals surface area contributed by atoms with Gasteiger partial charge in [-0.15, -0.1) is 0 Å². The first-order chi connectivity index (χ1) is 21.2. The number of carbonyl (C=O) groups is 1. The van der Waals surface area contributed by atoms with Gasteiger partial charge in [0, 0.05) is 42.3 Å². The Balaban J connectivity index is 1.50. The number of nitrogens with two attached hydrogens (primary N) is 1. The Morgan fingerprint density at radius 2 is 2.07 bits per heavy atom. The van der Waals surface area contributed by atoms with Crippen molar-refractivity contribution in [2.75, 3.05) is 50.5 Å². The van der Waals surface area contributed by atoms with E-state index in [2.05, 4.69) is 24.6 Å². The monoisotopic (exact) mass is 637 g/mol. The number of likely N-dealkylation sites (tertiary alicyclic amines) is 1. The number of anilines is 2. The van der Waals surface area contributed by atoms with E-state index in [0.29, 0.717) is 65.1 Å². The molecule has 0 saturated carbocycles. The standard InChI is InChI=1S/C31H30Cl2FN7O3/c1-17(32)30(42)41-10-9-40(15-19(41)5-7-35)29-26-25(37-31(38-29)44-16-20-4-3-8-39(20)2)14-22(21-6-11-43-28(21)26)23-12-18(36)13-24(34)27(23)33/h6,11-14,19-20H,1,3-5,8-10,15-16,36H2,2H3/t19-,20-/m0/s1. The van der Waals surface area contributed by atoms with Gasteiger partial charge in [0.05, 0.1) is 45.8 Å². The smallest absolute Gasteiger partial charge is 0.319 e. The minimum atomic E-state index is -0.637. The van der Waals surface area contributed by atoms with E-state index in [1.807, 2.05) is 4.90 Å². The van der Waals surface area contributed by atoms with Crippen LogP contribution in [-0.2, 0) is 4.79 Å². The highest BCUT2D eigenvalue weighted by molar-refractivity contribution is 6.41. The number of fused-ring (bicyclic) bond motifs is 3. The third-order valence-corrected chi connectivity index (χ3v) is 8.93. The zero-order chi connectivity index (χ0) is 31.1. The van der Waals surface area contributed by atoms with Crippen LogP contribution in [0.5, 0.6) is 6.01 Å². The number of piperazine rings is 1. The summed E-state index contributed by atoms with van der Waals surface area (Å²) in [7, 11) is 2.06. The van der Waals surface area contributed by atoms with Crippen molar-refractivity contribution >= 4 is 62.5 Å². The molecule has 10 nitrogen and oxygen atoms in total. The highest BCUT2D eigenvalue weighted by atomic mass is 35.5. The number of carbonyl (C=O) groups excluding carboxylic acids is 1. The number of aromatic nitrogens is 2. The Bertz CT molecular complexity index is 1820. The number of ether oxygens (including phenoxy) is 1. The number of benzene rings is 2. The molecule has 6 rings (SSSR count). The first-order valence-corrected chi connectivity index (χ1v) is 15.0. The Hall–Kier alpha value is -4.11. The van der Waals surface area contributed by atoms with Crippen molar-refractivity contribution in [3.63, 3.8) is 0 Å². The van der Waals surface area contributed by atoms with Gasteiger partial charge in [0.15, 0.2) is 0 Å². The molecule has 13 heteroatoms. The van der Waals surface area contributed by atoms with Crippen LogP contribution >= 0.6 is 23.2 Å². The molecule has 4 aromatic rings. The third-order valence-electron chi connectivity index (χ3n) is 8.38. The number of hydrogen-bond donors (Lipinski definition) is 1. The molecule has 0 bridgehead atoms. The summed E-state index contributed by atoms with van der Waals surface area (Å²) in [5.74, 6) is -0.518. The van der Waals surface area contributed by atoms with Crippen LogP contribution in [0.1, 0.15) is 19.3 Å². The molecule has 2 aromatic heterocycles. The molecule has 0 spiro atoms. The van der Waals surface area contributed by atoms with E-state index < -0.39 is 17.8 Å². The van der Waals surface area contributed by atoms with Gasteiger partial charge in [-0.05, 0) is 56.3 Å². The van der Waals surface area contributed by atoms with Gasteiger partial charge < -0.3 is 29.6 Å². The minimum absolute atomic E-state index is 0.0721. The molecule has 44 heavy (non-hydrogen) atoms. The molecule has 2 saturated heterocycles. The average molecular weight is 639 g/mol. The molecule has 1 amide bonds. The number of nitrogen functional groups attached to an aromatic ring is 1. The Kier molecular flexibility index (Phi) is 8.24. The van der Waals surface area contributed by atoms with Crippen molar-refractivity contribution in [1.82, 2.24) is 19.8 Å². The molecule has 4 heterocycles. The van der Waals surface area contributed by atoms with Gasteiger partial charge in [0.25, 0.3) is 5.91 Å². The van der Waals surface area contributed by atoms with Crippen molar-refractivity contribution in [1.29, 1.82) is 5.26 Å². The predicted molar refractivity (Wildman–Crippen MR) is 168 cm³/mol. The molecule has 0 radical (unpaired) electrons. The summed E-state index contributed by atoms with van der Waals surface area (Å²) in [4.78, 5) is 28.2. The molecule has 228 valence electrons. The number of halogens is 3. The van der Waals surface area contributed by atoms with E-state index in [4.69, 9.17) is 48.1 Å². The van der Waals surface area contributed by atoms with Gasteiger partial charge in [-0.3, -0.25) is 4.79 Å². The second kappa shape index (κ2) is 12.1. The number of hydrogen-bond acceptors (Lipinski definition) is 9. The van der Waals surface area contributed by atoms with Gasteiger partial charge in [-0.2, -0.15) is 15.2 Å². The Labute approximate surface area is 263 Å². The van der Waals surface area contributed by atoms with Crippen molar-refractivity contribution in [3.05, 3.63) is 53.0 Å². The van der Waals surface area contributed by atoms with E-state index in [0.717, 1.165) is 19.4 Å². The summed E-state index contributed by atoms with van der Waals surface area (Å²) in [6.45, 7) is 5.96. The molecule has 2 aromatic carbocycles. The van der Waals surface area contributed by atoms with E-state index in [9.17, 15) is 14.4 Å². The first kappa shape index (κ1) is 29.9. The maximum atomic E-state index is 14.7. The summed E-state index contributed by atoms with van der Waals surface area (Å²) in [6.07, 6.45) is 3.72. The number of nitrogens with zero attached hydrogens (tertiary/aromatic N) is 6. The Morgan fingerprint density at radius 1 is 1.25 bits per heavy atom. The third kappa shape index (κ3) is 5.49. The largest absolute Gasteiger partial charge is 0.463 e. The summed E-state index contributed by atoms with van der Waals surface area (Å²) in [5.41, 5.74) is 8.17. The van der Waals surface area contributed by atoms with E-state index in [1.165, 1.54) is 12.3 Å². The van der Waals surface area contributed by atoms with Crippen LogP contribution in [0.4, 0.5) is 15.9 Å². The predicted octanol–water partition coefficient (Wildman–Crippen LogP) is 5.57. The number of likely N-dealkylation sites (N-methyl/N-ethyl adjacent to an activating group) is 1. The van der Waals surface area contributed by atoms with Crippen LogP contribution in [0.2, 0.25) is 5.02 Å². The van der Waals surface area contributed by atoms with Gasteiger partial charge in [-0.1, -0.05) is 29.8 Å². The molecular weight excluding hydrogens is 608 g/mol. The molecule has 0 unspecified atom stereocenters. The first-order valence-electron chi connectivity index (χ1n) is 14.2. The molecule has 0 aliphatic carbocycles. The highest BCUT2D eigenvalue weighted by Gasteiger charge is 2.34. The number of amides is 1. The number of rotatable bonds is 7. The van der Waals surface area contributed by atoms with Crippen LogP contribution < -0.4 is 15.4 Å². The van der Waals surface area contributed by atoms with Crippen LogP contribution in [0.15, 0.2) is 46.6 Å². The lowest BCUT2D eigenvalue weighted by molar-refractivity contribution is -0.129. The number of nitriles is 1. The molecular formula is C31H30Cl2FN7O3. The Morgan fingerprint density at radius 3 is 2.80 bits per heavy atom. The number of furan rings is 1. The normalized spacial score (nSPS) is 19.1. The summed E-state index contributed by atoms with van der Waals surface area (Å²) in [5, 5.41) is 10.7. The van der Waals surface area contributed by atoms with Gasteiger partial charge in [-0.25, -0.2) is 4.39 Å². The van der Waals surface area contributed by atoms with Gasteiger partial charge >= 0.3 is 6.01 Å². The van der Waals surface area contributed by atoms with Crippen LogP contribution in [0.25, 0.3) is 33.0 Å². The maximum Gasteiger partial charge on any atom is 0.319 e. The fourth-order valence-corrected chi connectivity index (χ4v) is 6.45. The second-order valence-electron chi connectivity index (χ2n) is 11.1. The quantitative estimate of drug-likeness (QED) is 0.204. The fraction of sp³-hybridized carbons (Fsp3) is 0.355. The second-order valence-corrected chi connectivity index (χ2v) is 12.0. The minimum Gasteiger partial charge on any atom is -0.463 e. The van der Waals surface area contributed by atoms with Crippen LogP contribution in [0.3, 0.4) is 0 Å². The van der Waals surface area contributed by atoms with Crippen LogP contribution in [0, 0.1) is 17.1 Å². The van der Waals surface area contributed by atoms with Gasteiger partial charge in [0.1, 0.15) is 23.8 Å². The van der Waals surface area contributed by atoms with Crippen molar-refractivity contribution < 1.29 is 18.3 Å². The summed E-state index contributed by atoms with van der Waals surface area (Å²) in [6, 6.07) is 8.47. The fourth-order valence-electron chi connectivity index (χ4n) is 6.13. The van der Waals surface area contributed by atoms with E-state index in [1.54, 1.807) is 23.1 Å². The van der Waals surface area contributed by atoms with Crippen LogP contribution in [-0.4, -0.2) is 77.6 Å². The summed E-state index contributed by atoms with van der Waals surface area (Å²) < 4.78 is 26.9. The van der Waals surface area contributed by atoms with Gasteiger partial charge in [0.2, 0.25) is 0 Å². The van der Waals surface area contributed by atoms with Crippen molar-refractivity contribution in [2.24, 2.45) is 0 Å². The average Bonchev–Trinajstić information content (AvgIpc) is 3.66. The molecule has 2 atom stereocenters. The van der Waals surface area contributed by atoms with Crippen molar-refractivity contribution in [3.8, 4) is 23.2 Å². The molecule has 2 aliphatic heterocycles. The molecule has 2 N–H and O–H groups in total. The lowest BCUT2D eigenvalue weighted by Gasteiger charge is -2.41. The highest BCUT2D eigenvalue weighted by Crippen LogP contribution is 2.43.